The van der Waals surface area contributed by atoms with E-state index in [0.29, 0.717) is 22.5 Å². The Hall–Kier alpha value is -2.58. The highest BCUT2D eigenvalue weighted by Crippen LogP contribution is 2.22. The Morgan fingerprint density at radius 3 is 2.24 bits per heavy atom. The van der Waals surface area contributed by atoms with Crippen molar-refractivity contribution in [3.05, 3.63) is 54.1 Å². The lowest BCUT2D eigenvalue weighted by Gasteiger charge is -2.15. The van der Waals surface area contributed by atoms with E-state index in [1.165, 1.54) is 0 Å². The SMILES string of the molecule is COc1ccc(CNC(=S)NNC(=S)Nc2ccccc2OC)cc1. The Balaban J connectivity index is 1.74. The van der Waals surface area contributed by atoms with Crippen LogP contribution in [-0.4, -0.2) is 24.4 Å². The fraction of sp³-hybridized carbons (Fsp3) is 0.176. The summed E-state index contributed by atoms with van der Waals surface area (Å²) in [5.74, 6) is 1.52. The first kappa shape index (κ1) is 18.8. The fourth-order valence-electron chi connectivity index (χ4n) is 1.98. The molecule has 0 bridgehead atoms. The molecule has 0 aliphatic heterocycles. The van der Waals surface area contributed by atoms with Gasteiger partial charge in [0.1, 0.15) is 11.5 Å². The van der Waals surface area contributed by atoms with Gasteiger partial charge in [-0.15, -0.1) is 0 Å². The van der Waals surface area contributed by atoms with E-state index in [4.69, 9.17) is 33.9 Å². The highest BCUT2D eigenvalue weighted by Gasteiger charge is 2.04. The number of methoxy groups -OCH3 is 2. The third kappa shape index (κ3) is 6.09. The number of rotatable bonds is 5. The standard InChI is InChI=1S/C17H20N4O2S2/c1-22-13-9-7-12(8-10-13)11-18-16(24)20-21-17(25)19-14-5-3-4-6-15(14)23-2/h3-10H,11H2,1-2H3,(H2,18,20,24)(H2,19,21,25). The molecule has 4 N–H and O–H groups in total. The summed E-state index contributed by atoms with van der Waals surface area (Å²) in [4.78, 5) is 0. The number of nitrogens with one attached hydrogen (secondary N) is 4. The maximum atomic E-state index is 5.26. The number of hydrazine groups is 1. The van der Waals surface area contributed by atoms with Gasteiger partial charge in [-0.2, -0.15) is 0 Å². The lowest BCUT2D eigenvalue weighted by molar-refractivity contribution is 0.414. The van der Waals surface area contributed by atoms with Crippen molar-refractivity contribution in [2.45, 2.75) is 6.54 Å². The smallest absolute Gasteiger partial charge is 0.189 e. The Morgan fingerprint density at radius 2 is 1.56 bits per heavy atom. The topological polar surface area (TPSA) is 66.6 Å². The zero-order chi connectivity index (χ0) is 18.1. The molecule has 0 aromatic heterocycles. The summed E-state index contributed by atoms with van der Waals surface area (Å²) in [6, 6.07) is 15.2. The van der Waals surface area contributed by atoms with Crippen molar-refractivity contribution in [3.8, 4) is 11.5 Å². The molecule has 0 fully saturated rings. The molecule has 0 spiro atoms. The quantitative estimate of drug-likeness (QED) is 0.469. The molecule has 6 nitrogen and oxygen atoms in total. The van der Waals surface area contributed by atoms with Crippen LogP contribution in [0.5, 0.6) is 11.5 Å². The van der Waals surface area contributed by atoms with Crippen LogP contribution in [0.2, 0.25) is 0 Å². The van der Waals surface area contributed by atoms with Crippen LogP contribution in [0.1, 0.15) is 5.56 Å². The van der Waals surface area contributed by atoms with Crippen LogP contribution in [0.3, 0.4) is 0 Å². The summed E-state index contributed by atoms with van der Waals surface area (Å²) in [7, 11) is 3.24. The number of benzene rings is 2. The zero-order valence-electron chi connectivity index (χ0n) is 14.0. The van der Waals surface area contributed by atoms with Gasteiger partial charge in [0.05, 0.1) is 19.9 Å². The molecule has 0 amide bonds. The molecule has 0 unspecified atom stereocenters. The molecule has 0 aliphatic carbocycles. The molecule has 0 atom stereocenters. The first-order valence-electron chi connectivity index (χ1n) is 7.49. The van der Waals surface area contributed by atoms with E-state index in [2.05, 4.69) is 21.5 Å². The summed E-state index contributed by atoms with van der Waals surface area (Å²) in [5, 5.41) is 6.92. The van der Waals surface area contributed by atoms with Crippen molar-refractivity contribution in [2.75, 3.05) is 19.5 Å². The molecule has 0 radical (unpaired) electrons. The van der Waals surface area contributed by atoms with Gasteiger partial charge in [0.25, 0.3) is 0 Å². The third-order valence-electron chi connectivity index (χ3n) is 3.26. The monoisotopic (exact) mass is 376 g/mol. The van der Waals surface area contributed by atoms with Gasteiger partial charge in [-0.1, -0.05) is 24.3 Å². The molecule has 8 heteroatoms. The largest absolute Gasteiger partial charge is 0.497 e. The maximum Gasteiger partial charge on any atom is 0.189 e. The van der Waals surface area contributed by atoms with E-state index >= 15 is 0 Å². The molecule has 2 rings (SSSR count). The first-order chi connectivity index (χ1) is 12.1. The van der Waals surface area contributed by atoms with Crippen molar-refractivity contribution in [2.24, 2.45) is 0 Å². The second-order valence-electron chi connectivity index (χ2n) is 4.94. The molecule has 132 valence electrons. The van der Waals surface area contributed by atoms with Crippen molar-refractivity contribution < 1.29 is 9.47 Å². The van der Waals surface area contributed by atoms with Crippen LogP contribution in [0.25, 0.3) is 0 Å². The lowest BCUT2D eigenvalue weighted by atomic mass is 10.2. The van der Waals surface area contributed by atoms with Gasteiger partial charge < -0.3 is 20.1 Å². The molecule has 0 saturated carbocycles. The molecule has 2 aromatic rings. The van der Waals surface area contributed by atoms with Crippen LogP contribution in [0.4, 0.5) is 5.69 Å². The Bertz CT molecular complexity index is 723. The van der Waals surface area contributed by atoms with Crippen LogP contribution in [0, 0.1) is 0 Å². The Kier molecular flexibility index (Phi) is 7.24. The minimum Gasteiger partial charge on any atom is -0.497 e. The summed E-state index contributed by atoms with van der Waals surface area (Å²) < 4.78 is 10.4. The van der Waals surface area contributed by atoms with Crippen molar-refractivity contribution in [3.63, 3.8) is 0 Å². The van der Waals surface area contributed by atoms with Crippen LogP contribution < -0.4 is 31.0 Å². The van der Waals surface area contributed by atoms with Gasteiger partial charge in [-0.3, -0.25) is 10.9 Å². The molecule has 0 aliphatic rings. The number of ether oxygens (including phenoxy) is 2. The minimum absolute atomic E-state index is 0.373. The highest BCUT2D eigenvalue weighted by atomic mass is 32.1. The summed E-state index contributed by atoms with van der Waals surface area (Å²) >= 11 is 10.4. The van der Waals surface area contributed by atoms with Crippen LogP contribution in [0.15, 0.2) is 48.5 Å². The lowest BCUT2D eigenvalue weighted by Crippen LogP contribution is -2.48. The van der Waals surface area contributed by atoms with E-state index in [9.17, 15) is 0 Å². The molecule has 0 heterocycles. The third-order valence-corrected chi connectivity index (χ3v) is 3.71. The maximum absolute atomic E-state index is 5.26. The summed E-state index contributed by atoms with van der Waals surface area (Å²) in [5.41, 5.74) is 7.51. The second-order valence-corrected chi connectivity index (χ2v) is 5.75. The van der Waals surface area contributed by atoms with Crippen molar-refractivity contribution in [1.82, 2.24) is 16.2 Å². The minimum atomic E-state index is 0.373. The molecule has 0 saturated heterocycles. The van der Waals surface area contributed by atoms with E-state index < -0.39 is 0 Å². The average molecular weight is 377 g/mol. The average Bonchev–Trinajstić information content (AvgIpc) is 2.65. The zero-order valence-corrected chi connectivity index (χ0v) is 15.6. The van der Waals surface area contributed by atoms with Gasteiger partial charge in [0, 0.05) is 6.54 Å². The second kappa shape index (κ2) is 9.65. The number of thiocarbonyl (C=S) groups is 2. The Morgan fingerprint density at radius 1 is 0.880 bits per heavy atom. The molecular weight excluding hydrogens is 356 g/mol. The van der Waals surface area contributed by atoms with Gasteiger partial charge in [-0.05, 0) is 54.3 Å². The first-order valence-corrected chi connectivity index (χ1v) is 8.31. The number of para-hydroxylation sites is 2. The molecule has 2 aromatic carbocycles. The predicted molar refractivity (Wildman–Crippen MR) is 108 cm³/mol. The number of hydrogen-bond donors (Lipinski definition) is 4. The van der Waals surface area contributed by atoms with Crippen molar-refractivity contribution in [1.29, 1.82) is 0 Å². The molecule has 25 heavy (non-hydrogen) atoms. The van der Waals surface area contributed by atoms with E-state index in [1.807, 2.05) is 48.5 Å². The van der Waals surface area contributed by atoms with E-state index in [1.54, 1.807) is 14.2 Å². The van der Waals surface area contributed by atoms with E-state index in [-0.39, 0.29) is 0 Å². The normalized spacial score (nSPS) is 9.68. The summed E-state index contributed by atoms with van der Waals surface area (Å²) in [6.07, 6.45) is 0. The van der Waals surface area contributed by atoms with Gasteiger partial charge in [0.2, 0.25) is 0 Å². The highest BCUT2D eigenvalue weighted by molar-refractivity contribution is 7.80. The fourth-order valence-corrected chi connectivity index (χ4v) is 2.27. The van der Waals surface area contributed by atoms with Crippen molar-refractivity contribution >= 4 is 40.3 Å². The van der Waals surface area contributed by atoms with Crippen LogP contribution in [-0.2, 0) is 6.54 Å². The summed E-state index contributed by atoms with van der Waals surface area (Å²) in [6.45, 7) is 0.588. The van der Waals surface area contributed by atoms with Crippen LogP contribution >= 0.6 is 24.4 Å². The Labute approximate surface area is 157 Å². The van der Waals surface area contributed by atoms with Gasteiger partial charge in [-0.25, -0.2) is 0 Å². The van der Waals surface area contributed by atoms with E-state index in [0.717, 1.165) is 17.0 Å². The predicted octanol–water partition coefficient (Wildman–Crippen LogP) is 2.57. The van der Waals surface area contributed by atoms with Gasteiger partial charge in [0.15, 0.2) is 10.2 Å². The number of hydrogen-bond acceptors (Lipinski definition) is 4. The molecular formula is C17H20N4O2S2. The van der Waals surface area contributed by atoms with Gasteiger partial charge >= 0.3 is 0 Å². The number of anilines is 1.